The second-order valence-corrected chi connectivity index (χ2v) is 2.71. The standard InChI is InChI=1S/C7H10BNO3.C2H6/c1-12-6(10)5-3-2-4-9(5)7(8)11;1-2/h5H,2-4H2,1H3;1-2H3. The first kappa shape index (κ1) is 13.0. The van der Waals surface area contributed by atoms with Crippen molar-refractivity contribution in [3.8, 4) is 0 Å². The van der Waals surface area contributed by atoms with Gasteiger partial charge in [0.15, 0.2) is 5.81 Å². The van der Waals surface area contributed by atoms with E-state index in [2.05, 4.69) is 4.74 Å². The number of hydrogen-bond acceptors (Lipinski definition) is 3. The van der Waals surface area contributed by atoms with Gasteiger partial charge in [0.1, 0.15) is 6.04 Å². The topological polar surface area (TPSA) is 46.6 Å². The van der Waals surface area contributed by atoms with Crippen molar-refractivity contribution in [3.05, 3.63) is 0 Å². The van der Waals surface area contributed by atoms with Crippen LogP contribution >= 0.6 is 0 Å². The summed E-state index contributed by atoms with van der Waals surface area (Å²) in [5, 5.41) is 0. The van der Waals surface area contributed by atoms with Crippen LogP contribution in [0.4, 0.5) is 4.79 Å². The lowest BCUT2D eigenvalue weighted by Crippen LogP contribution is -2.40. The maximum Gasteiger partial charge on any atom is 0.328 e. The van der Waals surface area contributed by atoms with Crippen LogP contribution in [0.3, 0.4) is 0 Å². The molecule has 1 aliphatic heterocycles. The van der Waals surface area contributed by atoms with E-state index in [1.807, 2.05) is 13.8 Å². The van der Waals surface area contributed by atoms with Crippen molar-refractivity contribution >= 4 is 19.6 Å². The third-order valence-electron chi connectivity index (χ3n) is 2.01. The molecule has 4 nitrogen and oxygen atoms in total. The molecule has 0 bridgehead atoms. The van der Waals surface area contributed by atoms with Gasteiger partial charge in [0.25, 0.3) is 0 Å². The molecule has 0 spiro atoms. The molecule has 2 radical (unpaired) electrons. The van der Waals surface area contributed by atoms with Crippen LogP contribution in [0.15, 0.2) is 0 Å². The lowest BCUT2D eigenvalue weighted by atomic mass is 10.1. The van der Waals surface area contributed by atoms with Crippen LogP contribution in [0.2, 0.25) is 0 Å². The Labute approximate surface area is 86.0 Å². The molecule has 1 unspecified atom stereocenters. The smallest absolute Gasteiger partial charge is 0.328 e. The summed E-state index contributed by atoms with van der Waals surface area (Å²) >= 11 is 0. The van der Waals surface area contributed by atoms with Crippen molar-refractivity contribution in [3.63, 3.8) is 0 Å². The molecule has 0 aliphatic carbocycles. The fraction of sp³-hybridized carbons (Fsp3) is 0.778. The summed E-state index contributed by atoms with van der Waals surface area (Å²) in [6, 6.07) is -0.465. The predicted octanol–water partition coefficient (Wildman–Crippen LogP) is 0.938. The molecule has 1 rings (SSSR count). The van der Waals surface area contributed by atoms with Gasteiger partial charge in [-0.2, -0.15) is 0 Å². The molecular formula is C9H16BNO3. The quantitative estimate of drug-likeness (QED) is 0.464. The van der Waals surface area contributed by atoms with Gasteiger partial charge in [-0.05, 0) is 12.8 Å². The van der Waals surface area contributed by atoms with Crippen molar-refractivity contribution in [1.29, 1.82) is 0 Å². The van der Waals surface area contributed by atoms with E-state index >= 15 is 0 Å². The molecule has 1 amide bonds. The van der Waals surface area contributed by atoms with E-state index < -0.39 is 11.8 Å². The zero-order valence-electron chi connectivity index (χ0n) is 8.95. The second-order valence-electron chi connectivity index (χ2n) is 2.71. The molecule has 0 saturated carbocycles. The minimum Gasteiger partial charge on any atom is -0.467 e. The van der Waals surface area contributed by atoms with Crippen LogP contribution < -0.4 is 0 Å². The number of methoxy groups -OCH3 is 1. The zero-order valence-corrected chi connectivity index (χ0v) is 8.95. The fourth-order valence-electron chi connectivity index (χ4n) is 1.41. The van der Waals surface area contributed by atoms with E-state index in [4.69, 9.17) is 7.85 Å². The summed E-state index contributed by atoms with van der Waals surface area (Å²) in [4.78, 5) is 23.2. The van der Waals surface area contributed by atoms with Crippen LogP contribution in [0.1, 0.15) is 26.7 Å². The van der Waals surface area contributed by atoms with Gasteiger partial charge in [-0.15, -0.1) is 0 Å². The number of rotatable bonds is 1. The van der Waals surface area contributed by atoms with Gasteiger partial charge < -0.3 is 9.64 Å². The van der Waals surface area contributed by atoms with Gasteiger partial charge in [0, 0.05) is 6.54 Å². The minimum absolute atomic E-state index is 0.383. The van der Waals surface area contributed by atoms with Crippen LogP contribution in [0, 0.1) is 0 Å². The predicted molar refractivity (Wildman–Crippen MR) is 54.2 cm³/mol. The van der Waals surface area contributed by atoms with E-state index in [9.17, 15) is 9.59 Å². The van der Waals surface area contributed by atoms with Crippen LogP contribution in [-0.2, 0) is 9.53 Å². The molecule has 1 aliphatic rings. The van der Waals surface area contributed by atoms with Crippen LogP contribution in [0.25, 0.3) is 0 Å². The number of amides is 1. The van der Waals surface area contributed by atoms with Crippen LogP contribution in [-0.4, -0.2) is 44.2 Å². The highest BCUT2D eigenvalue weighted by atomic mass is 16.5. The van der Waals surface area contributed by atoms with Gasteiger partial charge in [0.2, 0.25) is 7.85 Å². The average Bonchev–Trinajstić information content (AvgIpc) is 2.68. The van der Waals surface area contributed by atoms with E-state index in [0.717, 1.165) is 6.42 Å². The highest BCUT2D eigenvalue weighted by Crippen LogP contribution is 2.17. The Hall–Kier alpha value is -0.995. The third kappa shape index (κ3) is 3.05. The molecule has 1 atom stereocenters. The maximum atomic E-state index is 11.1. The van der Waals surface area contributed by atoms with Crippen molar-refractivity contribution < 1.29 is 14.3 Å². The maximum absolute atomic E-state index is 11.1. The van der Waals surface area contributed by atoms with Gasteiger partial charge in [-0.3, -0.25) is 4.79 Å². The number of carbonyl (C=O) groups is 2. The molecule has 0 aromatic heterocycles. The summed E-state index contributed by atoms with van der Waals surface area (Å²) in [5.74, 6) is -0.936. The first-order chi connectivity index (χ1) is 6.66. The molecule has 1 saturated heterocycles. The van der Waals surface area contributed by atoms with Gasteiger partial charge in [0.05, 0.1) is 7.11 Å². The Morgan fingerprint density at radius 3 is 2.43 bits per heavy atom. The van der Waals surface area contributed by atoms with E-state index in [1.165, 1.54) is 12.0 Å². The molecule has 0 N–H and O–H groups in total. The Balaban J connectivity index is 0.000000791. The molecule has 78 valence electrons. The van der Waals surface area contributed by atoms with E-state index in [1.54, 1.807) is 0 Å². The average molecular weight is 197 g/mol. The van der Waals surface area contributed by atoms with Crippen molar-refractivity contribution in [2.24, 2.45) is 0 Å². The molecule has 0 aromatic rings. The molecule has 14 heavy (non-hydrogen) atoms. The van der Waals surface area contributed by atoms with Gasteiger partial charge >= 0.3 is 5.97 Å². The molecule has 5 heteroatoms. The number of nitrogens with zero attached hydrogens (tertiary/aromatic N) is 1. The number of likely N-dealkylation sites (tertiary alicyclic amines) is 1. The number of esters is 1. The van der Waals surface area contributed by atoms with Crippen molar-refractivity contribution in [1.82, 2.24) is 4.90 Å². The third-order valence-corrected chi connectivity index (χ3v) is 2.01. The Bertz CT molecular complexity index is 208. The Morgan fingerprint density at radius 1 is 1.43 bits per heavy atom. The SMILES string of the molecule is CC.[B]C(=O)N1CCCC1C(=O)OC. The van der Waals surface area contributed by atoms with E-state index in [-0.39, 0.29) is 5.97 Å². The number of ether oxygens (including phenoxy) is 1. The monoisotopic (exact) mass is 197 g/mol. The minimum atomic E-state index is -0.553. The lowest BCUT2D eigenvalue weighted by Gasteiger charge is -2.21. The summed E-state index contributed by atoms with van der Waals surface area (Å²) in [6.07, 6.45) is 1.46. The summed E-state index contributed by atoms with van der Waals surface area (Å²) in [7, 11) is 6.37. The van der Waals surface area contributed by atoms with Gasteiger partial charge in [-0.1, -0.05) is 13.8 Å². The fourth-order valence-corrected chi connectivity index (χ4v) is 1.41. The Kier molecular flexibility index (Phi) is 6.00. The van der Waals surface area contributed by atoms with Crippen molar-refractivity contribution in [2.75, 3.05) is 13.7 Å². The van der Waals surface area contributed by atoms with Crippen molar-refractivity contribution in [2.45, 2.75) is 32.7 Å². The van der Waals surface area contributed by atoms with Crippen LogP contribution in [0.5, 0.6) is 0 Å². The molecule has 1 fully saturated rings. The first-order valence-electron chi connectivity index (χ1n) is 4.80. The summed E-state index contributed by atoms with van der Waals surface area (Å²) in [6.45, 7) is 4.55. The highest BCUT2D eigenvalue weighted by Gasteiger charge is 2.32. The zero-order chi connectivity index (χ0) is 11.1. The molecule has 0 aromatic carbocycles. The number of carbonyl (C=O) groups excluding carboxylic acids is 2. The largest absolute Gasteiger partial charge is 0.467 e. The summed E-state index contributed by atoms with van der Waals surface area (Å²) < 4.78 is 4.53. The Morgan fingerprint density at radius 2 is 2.00 bits per heavy atom. The number of hydrogen-bond donors (Lipinski definition) is 0. The van der Waals surface area contributed by atoms with Gasteiger partial charge in [-0.25, -0.2) is 4.79 Å². The molecule has 1 heterocycles. The molecular weight excluding hydrogens is 181 g/mol. The summed E-state index contributed by atoms with van der Waals surface area (Å²) in [5.41, 5.74) is 0. The second kappa shape index (κ2) is 6.46. The van der Waals surface area contributed by atoms with E-state index in [0.29, 0.717) is 13.0 Å². The highest BCUT2D eigenvalue weighted by molar-refractivity contribution is 6.57. The lowest BCUT2D eigenvalue weighted by molar-refractivity contribution is -0.144. The normalized spacial score (nSPS) is 19.6. The first-order valence-corrected chi connectivity index (χ1v) is 4.80.